The summed E-state index contributed by atoms with van der Waals surface area (Å²) in [4.78, 5) is 11.9. The standard InChI is InChI=1S/C24H20Cl2F3NO3/c1-13-22(28)14(11-19(27)23(13)29)8-9-33-16-6-7-20(15(10-16)12-21(31)32-2)30-24-17(25)4-3-5-18(24)26/h3-7,10-11,30H,8-9,12H2,1-2H3. The van der Waals surface area contributed by atoms with Crippen LogP contribution in [0.25, 0.3) is 0 Å². The number of ether oxygens (including phenoxy) is 2. The molecule has 0 amide bonds. The molecule has 0 bridgehead atoms. The first-order valence-corrected chi connectivity index (χ1v) is 10.6. The maximum atomic E-state index is 14.2. The first-order chi connectivity index (χ1) is 15.7. The molecule has 174 valence electrons. The van der Waals surface area contributed by atoms with Crippen molar-refractivity contribution < 1.29 is 27.4 Å². The zero-order chi connectivity index (χ0) is 24.1. The van der Waals surface area contributed by atoms with E-state index < -0.39 is 23.4 Å². The van der Waals surface area contributed by atoms with Gasteiger partial charge in [-0.15, -0.1) is 0 Å². The fraction of sp³-hybridized carbons (Fsp3) is 0.208. The Bertz CT molecular complexity index is 1170. The average molecular weight is 498 g/mol. The van der Waals surface area contributed by atoms with Crippen LogP contribution in [0.4, 0.5) is 24.5 Å². The van der Waals surface area contributed by atoms with Gasteiger partial charge in [-0.1, -0.05) is 29.3 Å². The molecule has 0 aliphatic heterocycles. The number of benzene rings is 3. The molecule has 0 aliphatic carbocycles. The van der Waals surface area contributed by atoms with Crippen LogP contribution >= 0.6 is 23.2 Å². The predicted octanol–water partition coefficient (Wildman–Crippen LogP) is 6.80. The molecule has 0 heterocycles. The summed E-state index contributed by atoms with van der Waals surface area (Å²) >= 11 is 12.4. The molecule has 0 saturated heterocycles. The third-order valence-electron chi connectivity index (χ3n) is 4.95. The van der Waals surface area contributed by atoms with Gasteiger partial charge in [0.2, 0.25) is 0 Å². The Balaban J connectivity index is 1.80. The lowest BCUT2D eigenvalue weighted by Gasteiger charge is -2.16. The third-order valence-corrected chi connectivity index (χ3v) is 5.58. The molecule has 0 atom stereocenters. The smallest absolute Gasteiger partial charge is 0.310 e. The molecule has 3 aromatic carbocycles. The number of carbonyl (C=O) groups is 1. The van der Waals surface area contributed by atoms with E-state index >= 15 is 0 Å². The number of esters is 1. The lowest BCUT2D eigenvalue weighted by molar-refractivity contribution is -0.139. The summed E-state index contributed by atoms with van der Waals surface area (Å²) in [7, 11) is 1.28. The number of halogens is 5. The minimum atomic E-state index is -1.20. The van der Waals surface area contributed by atoms with Crippen molar-refractivity contribution in [3.8, 4) is 5.75 Å². The van der Waals surface area contributed by atoms with Gasteiger partial charge in [-0.25, -0.2) is 13.2 Å². The normalized spacial score (nSPS) is 10.8. The number of para-hydroxylation sites is 1. The van der Waals surface area contributed by atoms with Crippen molar-refractivity contribution in [1.82, 2.24) is 0 Å². The number of hydrogen-bond donors (Lipinski definition) is 1. The molecular formula is C24H20Cl2F3NO3. The number of anilines is 2. The number of carbonyl (C=O) groups excluding carboxylic acids is 1. The maximum Gasteiger partial charge on any atom is 0.310 e. The minimum Gasteiger partial charge on any atom is -0.493 e. The number of hydrogen-bond acceptors (Lipinski definition) is 4. The monoisotopic (exact) mass is 497 g/mol. The Morgan fingerprint density at radius 2 is 1.70 bits per heavy atom. The first kappa shape index (κ1) is 24.7. The van der Waals surface area contributed by atoms with Crippen LogP contribution in [-0.4, -0.2) is 19.7 Å². The molecule has 0 fully saturated rings. The molecule has 0 aromatic heterocycles. The Labute approximate surface area is 199 Å². The van der Waals surface area contributed by atoms with Crippen LogP contribution < -0.4 is 10.1 Å². The molecule has 0 unspecified atom stereocenters. The molecular weight excluding hydrogens is 478 g/mol. The lowest BCUT2D eigenvalue weighted by Crippen LogP contribution is -2.09. The fourth-order valence-corrected chi connectivity index (χ4v) is 3.66. The van der Waals surface area contributed by atoms with Gasteiger partial charge in [-0.2, -0.15) is 0 Å². The highest BCUT2D eigenvalue weighted by molar-refractivity contribution is 6.39. The fourth-order valence-electron chi connectivity index (χ4n) is 3.16. The van der Waals surface area contributed by atoms with E-state index in [1.54, 1.807) is 36.4 Å². The van der Waals surface area contributed by atoms with E-state index in [2.05, 4.69) is 5.32 Å². The molecule has 0 radical (unpaired) electrons. The van der Waals surface area contributed by atoms with Crippen molar-refractivity contribution in [2.45, 2.75) is 19.8 Å². The van der Waals surface area contributed by atoms with Crippen LogP contribution in [0, 0.1) is 24.4 Å². The number of nitrogens with one attached hydrogen (secondary N) is 1. The second kappa shape index (κ2) is 10.8. The molecule has 3 aromatic rings. The van der Waals surface area contributed by atoms with E-state index in [0.29, 0.717) is 32.7 Å². The predicted molar refractivity (Wildman–Crippen MR) is 122 cm³/mol. The van der Waals surface area contributed by atoms with Crippen molar-refractivity contribution in [1.29, 1.82) is 0 Å². The molecule has 4 nitrogen and oxygen atoms in total. The Morgan fingerprint density at radius 3 is 2.36 bits per heavy atom. The second-order valence-electron chi connectivity index (χ2n) is 7.16. The van der Waals surface area contributed by atoms with Crippen LogP contribution in [-0.2, 0) is 22.4 Å². The van der Waals surface area contributed by atoms with Gasteiger partial charge in [0.15, 0.2) is 11.6 Å². The maximum absolute atomic E-state index is 14.2. The Hall–Kier alpha value is -2.90. The van der Waals surface area contributed by atoms with Crippen molar-refractivity contribution in [2.24, 2.45) is 0 Å². The van der Waals surface area contributed by atoms with Crippen molar-refractivity contribution in [2.75, 3.05) is 19.0 Å². The average Bonchev–Trinajstić information content (AvgIpc) is 2.79. The van der Waals surface area contributed by atoms with E-state index in [9.17, 15) is 18.0 Å². The van der Waals surface area contributed by atoms with E-state index in [0.717, 1.165) is 6.07 Å². The molecule has 3 rings (SSSR count). The highest BCUT2D eigenvalue weighted by Crippen LogP contribution is 2.35. The number of rotatable bonds is 8. The van der Waals surface area contributed by atoms with Crippen molar-refractivity contribution in [3.63, 3.8) is 0 Å². The molecule has 1 N–H and O–H groups in total. The van der Waals surface area contributed by atoms with Crippen molar-refractivity contribution in [3.05, 3.63) is 86.7 Å². The lowest BCUT2D eigenvalue weighted by atomic mass is 10.1. The summed E-state index contributed by atoms with van der Waals surface area (Å²) in [6.07, 6.45) is -0.0411. The third kappa shape index (κ3) is 5.92. The van der Waals surface area contributed by atoms with Crippen LogP contribution in [0.15, 0.2) is 42.5 Å². The van der Waals surface area contributed by atoms with Crippen molar-refractivity contribution >= 4 is 40.5 Å². The van der Waals surface area contributed by atoms with Gasteiger partial charge in [0.05, 0.1) is 35.9 Å². The summed E-state index contributed by atoms with van der Waals surface area (Å²) in [5.41, 5.74) is 1.21. The summed E-state index contributed by atoms with van der Waals surface area (Å²) in [5, 5.41) is 3.92. The molecule has 0 aliphatic rings. The van der Waals surface area contributed by atoms with E-state index in [1.165, 1.54) is 14.0 Å². The summed E-state index contributed by atoms with van der Waals surface area (Å²) in [5.74, 6) is -3.20. The van der Waals surface area contributed by atoms with Gasteiger partial charge in [0.25, 0.3) is 0 Å². The van der Waals surface area contributed by atoms with E-state index in [4.69, 9.17) is 32.7 Å². The Morgan fingerprint density at radius 1 is 1.00 bits per heavy atom. The van der Waals surface area contributed by atoms with Gasteiger partial charge in [-0.05, 0) is 54.4 Å². The minimum absolute atomic E-state index is 0.00220. The van der Waals surface area contributed by atoms with E-state index in [1.807, 2.05) is 0 Å². The quantitative estimate of drug-likeness (QED) is 0.274. The van der Waals surface area contributed by atoms with Crippen LogP contribution in [0.2, 0.25) is 10.0 Å². The molecule has 33 heavy (non-hydrogen) atoms. The van der Waals surface area contributed by atoms with Gasteiger partial charge in [-0.3, -0.25) is 4.79 Å². The largest absolute Gasteiger partial charge is 0.493 e. The first-order valence-electron chi connectivity index (χ1n) is 9.87. The number of methoxy groups -OCH3 is 1. The SMILES string of the molecule is COC(=O)Cc1cc(OCCc2cc(F)c(F)c(C)c2F)ccc1Nc1c(Cl)cccc1Cl. The van der Waals surface area contributed by atoms with Crippen LogP contribution in [0.5, 0.6) is 5.75 Å². The van der Waals surface area contributed by atoms with Crippen LogP contribution in [0.1, 0.15) is 16.7 Å². The van der Waals surface area contributed by atoms with Gasteiger partial charge < -0.3 is 14.8 Å². The highest BCUT2D eigenvalue weighted by Gasteiger charge is 2.16. The van der Waals surface area contributed by atoms with Gasteiger partial charge in [0.1, 0.15) is 11.6 Å². The summed E-state index contributed by atoms with van der Waals surface area (Å²) in [6, 6.07) is 10.8. The molecule has 0 spiro atoms. The highest BCUT2D eigenvalue weighted by atomic mass is 35.5. The van der Waals surface area contributed by atoms with E-state index in [-0.39, 0.29) is 30.6 Å². The Kier molecular flexibility index (Phi) is 8.10. The zero-order valence-electron chi connectivity index (χ0n) is 17.8. The van der Waals surface area contributed by atoms with Crippen LogP contribution in [0.3, 0.4) is 0 Å². The molecule has 9 heteroatoms. The molecule has 0 saturated carbocycles. The zero-order valence-corrected chi connectivity index (χ0v) is 19.3. The van der Waals surface area contributed by atoms with Gasteiger partial charge >= 0.3 is 5.97 Å². The second-order valence-corrected chi connectivity index (χ2v) is 7.98. The topological polar surface area (TPSA) is 47.6 Å². The van der Waals surface area contributed by atoms with Gasteiger partial charge in [0, 0.05) is 17.7 Å². The summed E-state index contributed by atoms with van der Waals surface area (Å²) < 4.78 is 51.7. The summed E-state index contributed by atoms with van der Waals surface area (Å²) in [6.45, 7) is 1.18.